The summed E-state index contributed by atoms with van der Waals surface area (Å²) in [5, 5.41) is 4.79. The molecule has 0 aliphatic heterocycles. The van der Waals surface area contributed by atoms with E-state index in [-0.39, 0.29) is 0 Å². The van der Waals surface area contributed by atoms with Gasteiger partial charge in [0.2, 0.25) is 0 Å². The van der Waals surface area contributed by atoms with Crippen molar-refractivity contribution in [2.24, 2.45) is 0 Å². The van der Waals surface area contributed by atoms with Crippen molar-refractivity contribution in [1.82, 2.24) is 4.57 Å². The zero-order valence-corrected chi connectivity index (χ0v) is 42.5. The third-order valence-corrected chi connectivity index (χ3v) is 16.3. The van der Waals surface area contributed by atoms with Gasteiger partial charge in [0.25, 0.3) is 0 Å². The van der Waals surface area contributed by atoms with Crippen LogP contribution in [-0.2, 0) is 5.41 Å². The summed E-state index contributed by atoms with van der Waals surface area (Å²) in [6.45, 7) is 6.89. The molecular formula is C74H50N2O. The standard InChI is InChI=1S/C74H50N2O/c1-3-49(50-20-6-4-7-21-50)37-36-48(2)75(55-41-38-51(39-42-55)52-40-44-68-62(47-52)58-26-12-16-34-67(58)76(68)54-23-8-5-9-24-54)56-25-18-22-53(46-56)57-30-19-33-65-71(57)59-27-10-14-31-63(59)74(65)64-32-15-11-28-60(64)72-66(74)43-45-70-73(72)61-29-13-17-35-69(61)77-70/h3-47H,2H2,1H3/b37-36-,49-3+. The van der Waals surface area contributed by atoms with Crippen LogP contribution in [0.15, 0.2) is 290 Å². The van der Waals surface area contributed by atoms with Crippen molar-refractivity contribution < 1.29 is 4.42 Å². The van der Waals surface area contributed by atoms with E-state index in [0.717, 1.165) is 61.6 Å². The van der Waals surface area contributed by atoms with Gasteiger partial charge in [-0.15, -0.1) is 0 Å². The third kappa shape index (κ3) is 6.70. The van der Waals surface area contributed by atoms with Gasteiger partial charge in [-0.25, -0.2) is 0 Å². The normalized spacial score (nSPS) is 14.4. The van der Waals surface area contributed by atoms with E-state index in [4.69, 9.17) is 11.0 Å². The Morgan fingerprint density at radius 1 is 0.442 bits per heavy atom. The number of benzene rings is 11. The molecule has 0 radical (unpaired) electrons. The van der Waals surface area contributed by atoms with Crippen LogP contribution >= 0.6 is 0 Å². The highest BCUT2D eigenvalue weighted by Gasteiger charge is 2.52. The van der Waals surface area contributed by atoms with Crippen LogP contribution < -0.4 is 4.90 Å². The highest BCUT2D eigenvalue weighted by molar-refractivity contribution is 6.16. The molecule has 0 saturated heterocycles. The first-order valence-corrected chi connectivity index (χ1v) is 26.5. The molecule has 13 aromatic rings. The van der Waals surface area contributed by atoms with Crippen LogP contribution in [0.2, 0.25) is 0 Å². The quantitative estimate of drug-likeness (QED) is 0.134. The molecule has 362 valence electrons. The summed E-state index contributed by atoms with van der Waals surface area (Å²) < 4.78 is 8.91. The van der Waals surface area contributed by atoms with Gasteiger partial charge in [0.05, 0.1) is 16.4 Å². The fourth-order valence-corrected chi connectivity index (χ4v) is 13.1. The molecule has 3 nitrogen and oxygen atoms in total. The molecule has 1 unspecified atom stereocenters. The van der Waals surface area contributed by atoms with E-state index in [1.165, 1.54) is 82.8 Å². The van der Waals surface area contributed by atoms with Gasteiger partial charge in [-0.2, -0.15) is 0 Å². The summed E-state index contributed by atoms with van der Waals surface area (Å²) in [5.74, 6) is 0. The molecule has 2 aliphatic rings. The minimum atomic E-state index is -0.530. The molecule has 1 atom stereocenters. The van der Waals surface area contributed by atoms with Crippen LogP contribution in [0.25, 0.3) is 99.5 Å². The molecule has 0 N–H and O–H groups in total. The lowest BCUT2D eigenvalue weighted by Gasteiger charge is -2.30. The van der Waals surface area contributed by atoms with Crippen molar-refractivity contribution in [2.45, 2.75) is 12.3 Å². The number of rotatable bonds is 9. The Kier molecular flexibility index (Phi) is 10.2. The number of allylic oxidation sites excluding steroid dienone is 4. The lowest BCUT2D eigenvalue weighted by atomic mass is 9.70. The van der Waals surface area contributed by atoms with Crippen LogP contribution in [0.3, 0.4) is 0 Å². The highest BCUT2D eigenvalue weighted by Crippen LogP contribution is 2.65. The predicted octanol–water partition coefficient (Wildman–Crippen LogP) is 19.7. The Bertz CT molecular complexity index is 4590. The molecule has 3 heteroatoms. The molecule has 2 aromatic heterocycles. The maximum absolute atomic E-state index is 6.54. The molecule has 1 spiro atoms. The molecule has 11 aromatic carbocycles. The van der Waals surface area contributed by atoms with E-state index in [0.29, 0.717) is 0 Å². The molecular weight excluding hydrogens is 933 g/mol. The van der Waals surface area contributed by atoms with Crippen LogP contribution in [0.5, 0.6) is 0 Å². The van der Waals surface area contributed by atoms with Gasteiger partial charge in [0.1, 0.15) is 11.2 Å². The number of aromatic nitrogens is 1. The first-order chi connectivity index (χ1) is 38.1. The van der Waals surface area contributed by atoms with Crippen LogP contribution in [0, 0.1) is 0 Å². The zero-order valence-electron chi connectivity index (χ0n) is 42.5. The summed E-state index contributed by atoms with van der Waals surface area (Å²) >= 11 is 0. The summed E-state index contributed by atoms with van der Waals surface area (Å²) in [6, 6.07) is 92.8. The summed E-state index contributed by atoms with van der Waals surface area (Å²) in [4.78, 5) is 2.29. The average Bonchev–Trinajstić information content (AvgIpc) is 4.19. The molecule has 0 saturated carbocycles. The second kappa shape index (κ2) is 17.6. The van der Waals surface area contributed by atoms with Crippen molar-refractivity contribution >= 4 is 60.7 Å². The maximum atomic E-state index is 6.54. The molecule has 2 heterocycles. The number of hydrogen-bond donors (Lipinski definition) is 0. The molecule has 15 rings (SSSR count). The number of anilines is 2. The SMILES string of the molecule is C=C(/C=C\C(=C/C)c1ccccc1)N(c1ccc(-c2ccc3c(c2)c2ccccc2n3-c2ccccc2)cc1)c1cccc(-c2cccc3c2-c2ccccc2C32c3ccccc3-c3c2ccc2oc4ccccc4c32)c1. The van der Waals surface area contributed by atoms with Crippen LogP contribution in [0.1, 0.15) is 34.7 Å². The fraction of sp³-hybridized carbons (Fsp3) is 0.0270. The van der Waals surface area contributed by atoms with E-state index in [2.05, 4.69) is 289 Å². The van der Waals surface area contributed by atoms with E-state index < -0.39 is 5.41 Å². The topological polar surface area (TPSA) is 21.3 Å². The van der Waals surface area contributed by atoms with Crippen LogP contribution in [-0.4, -0.2) is 4.57 Å². The number of nitrogens with zero attached hydrogens (tertiary/aromatic N) is 2. The molecule has 2 aliphatic carbocycles. The maximum Gasteiger partial charge on any atom is 0.136 e. The van der Waals surface area contributed by atoms with Gasteiger partial charge in [-0.1, -0.05) is 207 Å². The fourth-order valence-electron chi connectivity index (χ4n) is 13.1. The molecule has 0 fully saturated rings. The van der Waals surface area contributed by atoms with Crippen LogP contribution in [0.4, 0.5) is 11.4 Å². The smallest absolute Gasteiger partial charge is 0.136 e. The summed E-state index contributed by atoms with van der Waals surface area (Å²) in [5.41, 5.74) is 24.9. The first-order valence-electron chi connectivity index (χ1n) is 26.5. The minimum Gasteiger partial charge on any atom is -0.456 e. The van der Waals surface area contributed by atoms with E-state index in [1.807, 2.05) is 0 Å². The summed E-state index contributed by atoms with van der Waals surface area (Å²) in [7, 11) is 0. The molecule has 0 amide bonds. The number of furan rings is 1. The Balaban J connectivity index is 0.866. The zero-order chi connectivity index (χ0) is 51.2. The third-order valence-electron chi connectivity index (χ3n) is 16.3. The van der Waals surface area contributed by atoms with Gasteiger partial charge in [-0.05, 0) is 158 Å². The van der Waals surface area contributed by atoms with Crippen molar-refractivity contribution in [1.29, 1.82) is 0 Å². The molecule has 77 heavy (non-hydrogen) atoms. The minimum absolute atomic E-state index is 0.530. The van der Waals surface area contributed by atoms with Gasteiger partial charge in [0, 0.05) is 44.3 Å². The monoisotopic (exact) mass is 982 g/mol. The van der Waals surface area contributed by atoms with E-state index in [9.17, 15) is 0 Å². The van der Waals surface area contributed by atoms with Crippen molar-refractivity contribution in [3.8, 4) is 50.2 Å². The Morgan fingerprint density at radius 2 is 1.06 bits per heavy atom. The van der Waals surface area contributed by atoms with Gasteiger partial charge >= 0.3 is 0 Å². The number of para-hydroxylation sites is 3. The van der Waals surface area contributed by atoms with Crippen molar-refractivity contribution in [3.05, 3.63) is 313 Å². The first kappa shape index (κ1) is 44.5. The summed E-state index contributed by atoms with van der Waals surface area (Å²) in [6.07, 6.45) is 6.49. The second-order valence-electron chi connectivity index (χ2n) is 20.3. The Hall–Kier alpha value is -9.96. The Morgan fingerprint density at radius 3 is 1.86 bits per heavy atom. The largest absolute Gasteiger partial charge is 0.456 e. The Labute approximate surface area is 447 Å². The van der Waals surface area contributed by atoms with E-state index in [1.54, 1.807) is 0 Å². The average molecular weight is 983 g/mol. The van der Waals surface area contributed by atoms with Gasteiger partial charge in [-0.3, -0.25) is 0 Å². The van der Waals surface area contributed by atoms with Crippen molar-refractivity contribution in [2.75, 3.05) is 4.90 Å². The number of fused-ring (bicyclic) bond motifs is 17. The van der Waals surface area contributed by atoms with Crippen molar-refractivity contribution in [3.63, 3.8) is 0 Å². The molecule has 0 bridgehead atoms. The predicted molar refractivity (Wildman–Crippen MR) is 322 cm³/mol. The van der Waals surface area contributed by atoms with Gasteiger partial charge < -0.3 is 13.9 Å². The lowest BCUT2D eigenvalue weighted by molar-refractivity contribution is 0.668. The van der Waals surface area contributed by atoms with Gasteiger partial charge in [0.15, 0.2) is 0 Å². The van der Waals surface area contributed by atoms with E-state index >= 15 is 0 Å². The number of hydrogen-bond acceptors (Lipinski definition) is 2. The lowest BCUT2D eigenvalue weighted by Crippen LogP contribution is -2.25. The highest BCUT2D eigenvalue weighted by atomic mass is 16.3. The second-order valence-corrected chi connectivity index (χ2v) is 20.3.